The number of nitrogens with zero attached hydrogens (tertiary/aromatic N) is 3. The predicted octanol–water partition coefficient (Wildman–Crippen LogP) is 2.64. The summed E-state index contributed by atoms with van der Waals surface area (Å²) in [6.07, 6.45) is 3.45. The topological polar surface area (TPSA) is 309 Å². The number of carbonyl (C=O) groups is 4. The molecule has 20 nitrogen and oxygen atoms in total. The zero-order valence-corrected chi connectivity index (χ0v) is 45.0. The Morgan fingerprint density at radius 2 is 0.766 bits per heavy atom. The summed E-state index contributed by atoms with van der Waals surface area (Å²) < 4.78 is 112. The summed E-state index contributed by atoms with van der Waals surface area (Å²) in [5, 5.41) is 0.936. The predicted molar refractivity (Wildman–Crippen MR) is 277 cm³/mol. The van der Waals surface area contributed by atoms with Crippen LogP contribution in [-0.4, -0.2) is 68.0 Å². The molecule has 2 aliphatic rings. The van der Waals surface area contributed by atoms with Gasteiger partial charge in [-0.05, 0) is 112 Å². The molecule has 7 aromatic rings. The molecule has 394 valence electrons. The molecule has 25 heteroatoms. The van der Waals surface area contributed by atoms with Gasteiger partial charge in [0.25, 0.3) is 40.1 Å². The van der Waals surface area contributed by atoms with E-state index < -0.39 is 69.6 Å². The van der Waals surface area contributed by atoms with Gasteiger partial charge >= 0.3 is 17.1 Å². The van der Waals surface area contributed by atoms with Crippen molar-refractivity contribution in [3.05, 3.63) is 207 Å². The average molecular weight is 1160 g/mol. The van der Waals surface area contributed by atoms with Crippen LogP contribution in [0.25, 0.3) is 16.7 Å². The molecule has 5 heterocycles. The molecule has 0 saturated heterocycles. The number of rotatable bonds is 12. The van der Waals surface area contributed by atoms with Crippen molar-refractivity contribution in [2.75, 3.05) is 0 Å². The van der Waals surface area contributed by atoms with E-state index in [0.717, 1.165) is 27.7 Å². The van der Waals surface area contributed by atoms with E-state index in [4.69, 9.17) is 15.0 Å². The van der Waals surface area contributed by atoms with Gasteiger partial charge in [0.1, 0.15) is 0 Å². The summed E-state index contributed by atoms with van der Waals surface area (Å²) in [6, 6.07) is 33.6. The molecule has 1 atom stereocenters. The van der Waals surface area contributed by atoms with E-state index in [1.165, 1.54) is 60.7 Å². The number of hydrogen-bond acceptors (Lipinski definition) is 13. The van der Waals surface area contributed by atoms with E-state index in [9.17, 15) is 52.8 Å². The van der Waals surface area contributed by atoms with Gasteiger partial charge in [0.05, 0.1) is 31.0 Å². The first-order valence-corrected chi connectivity index (χ1v) is 28.6. The summed E-state index contributed by atoms with van der Waals surface area (Å²) in [5.41, 5.74) is 5.68. The number of aromatic nitrogens is 3. The van der Waals surface area contributed by atoms with Gasteiger partial charge < -0.3 is 15.0 Å². The minimum atomic E-state index is -4.24. The fraction of sp³-hybridized carbons (Fsp3) is 0.0962. The Labute approximate surface area is 452 Å². The monoisotopic (exact) mass is 1150 g/mol. The first-order chi connectivity index (χ1) is 35.9. The number of fused-ring (bicyclic) bond motifs is 7. The molecule has 5 N–H and O–H groups in total. The van der Waals surface area contributed by atoms with E-state index in [-0.39, 0.29) is 36.7 Å². The minimum absolute atomic E-state index is 0. The Kier molecular flexibility index (Phi) is 15.1. The molecule has 3 aromatic heterocycles. The van der Waals surface area contributed by atoms with Gasteiger partial charge in [0, 0.05) is 44.0 Å². The van der Waals surface area contributed by atoms with E-state index in [1.54, 1.807) is 84.9 Å². The molecule has 0 saturated carbocycles. The van der Waals surface area contributed by atoms with Gasteiger partial charge in [-0.1, -0.05) is 72.8 Å². The second kappa shape index (κ2) is 21.1. The quantitative estimate of drug-likeness (QED) is 0.110. The molecule has 0 radical (unpaired) electrons. The van der Waals surface area contributed by atoms with Gasteiger partial charge in [-0.3, -0.25) is 19.2 Å². The Morgan fingerprint density at radius 1 is 0.429 bits per heavy atom. The van der Waals surface area contributed by atoms with Crippen molar-refractivity contribution in [1.29, 1.82) is 0 Å². The van der Waals surface area contributed by atoms with Crippen LogP contribution in [0, 0.1) is 0 Å². The smallest absolute Gasteiger partial charge is 0.660 e. The zero-order valence-electron chi connectivity index (χ0n) is 40.7. The molecule has 0 spiro atoms. The number of carbonyl (C=O) groups excluding carboxylic acids is 4. The van der Waals surface area contributed by atoms with Crippen LogP contribution in [-0.2, 0) is 76.3 Å². The number of aliphatic imine (C=N–C) groups is 1. The van der Waals surface area contributed by atoms with Crippen LogP contribution in [0.1, 0.15) is 78.6 Å². The molecular weight excluding hydrogens is 1110 g/mol. The number of allylic oxidation sites excluding steroid dienone is 2. The van der Waals surface area contributed by atoms with Gasteiger partial charge in [0.15, 0.2) is 0 Å². The summed E-state index contributed by atoms with van der Waals surface area (Å²) in [5.74, 6) is -3.93. The van der Waals surface area contributed by atoms with Crippen LogP contribution in [0.2, 0.25) is 0 Å². The molecular formula is C52H42FeN8O12S4. The van der Waals surface area contributed by atoms with Crippen molar-refractivity contribution in [2.24, 2.45) is 4.99 Å². The van der Waals surface area contributed by atoms with E-state index in [2.05, 4.69) is 4.98 Å². The summed E-state index contributed by atoms with van der Waals surface area (Å²) in [4.78, 5) is 65.4. The summed E-state index contributed by atoms with van der Waals surface area (Å²) >= 11 is 0. The van der Waals surface area contributed by atoms with Crippen LogP contribution in [0.15, 0.2) is 176 Å². The Hall–Kier alpha value is -8.19. The standard InChI is InChI=1S/C52H44N8O12S4.Fe/c1-29(61)57-73(65,66)37-13-5-33(6-14-37)49-41-21-23-43(53-41)50(34-7-15-38(16-8-34)74(67,68)58-30(2)62)45-25-27-47(55-45)52(36-11-19-40(20-12-36)76(71,72)60-32(4)64)48-28-26-46(56-48)51(44-24-22-42(49)54-44)35-9-17-39(18-10-35)75(69,70)59-31(3)63;/h5-28,49H,1-4H3,(H7,53,54,55,56,57,58,59,60,61,62,63,64);/q;+2/p-2. The Morgan fingerprint density at radius 3 is 1.16 bits per heavy atom. The largest absolute Gasteiger partial charge is 2.00 e. The average Bonchev–Trinajstić information content (AvgIpc) is 4.19. The van der Waals surface area contributed by atoms with Crippen LogP contribution >= 0.6 is 0 Å². The van der Waals surface area contributed by atoms with Gasteiger partial charge in [-0.15, -0.1) is 22.8 Å². The molecule has 4 amide bonds. The molecule has 77 heavy (non-hydrogen) atoms. The molecule has 2 aliphatic heterocycles. The van der Waals surface area contributed by atoms with Crippen LogP contribution in [0.5, 0.6) is 0 Å². The van der Waals surface area contributed by atoms with Crippen molar-refractivity contribution in [3.8, 4) is 0 Å². The Balaban J connectivity index is 0.00000784. The number of sulfonamides is 4. The number of H-pyrrole nitrogens is 1. The maximum atomic E-state index is 13.1. The second-order valence-corrected chi connectivity index (χ2v) is 24.1. The third kappa shape index (κ3) is 11.5. The molecule has 8 bridgehead atoms. The first kappa shape index (κ1) is 55.1. The van der Waals surface area contributed by atoms with Crippen molar-refractivity contribution < 1.29 is 69.9 Å². The van der Waals surface area contributed by atoms with E-state index >= 15 is 0 Å². The second-order valence-electron chi connectivity index (χ2n) is 17.4. The van der Waals surface area contributed by atoms with Crippen molar-refractivity contribution in [3.63, 3.8) is 0 Å². The molecule has 0 aliphatic carbocycles. The summed E-state index contributed by atoms with van der Waals surface area (Å²) in [6.45, 7) is 4.30. The molecule has 4 aromatic carbocycles. The van der Waals surface area contributed by atoms with Crippen molar-refractivity contribution in [1.82, 2.24) is 33.8 Å². The maximum Gasteiger partial charge on any atom is 2.00 e. The zero-order chi connectivity index (χ0) is 54.5. The van der Waals surface area contributed by atoms with E-state index in [0.29, 0.717) is 83.9 Å². The third-order valence-corrected chi connectivity index (χ3v) is 17.6. The third-order valence-electron chi connectivity index (χ3n) is 11.8. The van der Waals surface area contributed by atoms with Crippen LogP contribution in [0.4, 0.5) is 0 Å². The van der Waals surface area contributed by atoms with Crippen molar-refractivity contribution in [2.45, 2.75) is 53.2 Å². The number of nitrogens with one attached hydrogen (secondary N) is 5. The maximum absolute atomic E-state index is 13.1. The fourth-order valence-corrected chi connectivity index (χ4v) is 12.7. The van der Waals surface area contributed by atoms with Gasteiger partial charge in [0.2, 0.25) is 23.6 Å². The van der Waals surface area contributed by atoms with Gasteiger partial charge in [-0.25, -0.2) is 57.6 Å². The van der Waals surface area contributed by atoms with E-state index in [1.807, 2.05) is 18.9 Å². The van der Waals surface area contributed by atoms with Crippen molar-refractivity contribution >= 4 is 86.2 Å². The first-order valence-electron chi connectivity index (χ1n) is 22.7. The SMILES string of the molecule is CC(=O)NS(=O)(=O)c1ccc(C2=C3C=CC(=N3)C(c3ccc(S(=O)(=O)NC(C)=O)cc3)=c3ccc([nH]3)=C(c3ccc(S(=O)(=O)NC(C)=O)cc3)c3ccc([n-]3)C(c3ccc(S(=O)(=O)NC(C)=O)cc3)c3ccc2[n-]3)cc1.[Fe+2]. The molecule has 1 unspecified atom stereocenters. The number of amides is 4. The van der Waals surface area contributed by atoms with Crippen LogP contribution in [0.3, 0.4) is 0 Å². The minimum Gasteiger partial charge on any atom is -0.660 e. The fourth-order valence-electron chi connectivity index (χ4n) is 8.72. The van der Waals surface area contributed by atoms with Crippen LogP contribution < -0.4 is 39.6 Å². The molecule has 0 fully saturated rings. The number of aromatic amines is 1. The number of hydrogen-bond donors (Lipinski definition) is 5. The summed E-state index contributed by atoms with van der Waals surface area (Å²) in [7, 11) is -16.9. The molecule has 9 rings (SSSR count). The van der Waals surface area contributed by atoms with Gasteiger partial charge in [-0.2, -0.15) is 0 Å². The normalized spacial score (nSPS) is 14.5. The number of benzene rings is 4. The Bertz CT molecular complexity index is 4280.